The molecule has 0 saturated carbocycles. The van der Waals surface area contributed by atoms with E-state index in [9.17, 15) is 4.79 Å². The molecule has 0 aliphatic carbocycles. The normalized spacial score (nSPS) is 13.1. The van der Waals surface area contributed by atoms with E-state index in [-0.39, 0.29) is 6.54 Å². The van der Waals surface area contributed by atoms with Gasteiger partial charge in [0, 0.05) is 6.54 Å². The molecule has 0 rings (SSSR count). The highest BCUT2D eigenvalue weighted by atomic mass is 16.3. The van der Waals surface area contributed by atoms with Crippen LogP contribution >= 0.6 is 0 Å². The molecule has 1 amide bonds. The number of nitrogens with two attached hydrogens (primary N) is 1. The molecule has 0 spiro atoms. The van der Waals surface area contributed by atoms with Gasteiger partial charge >= 0.3 is 0 Å². The van der Waals surface area contributed by atoms with Crippen LogP contribution in [0.25, 0.3) is 0 Å². The van der Waals surface area contributed by atoms with Gasteiger partial charge in [-0.1, -0.05) is 0 Å². The minimum atomic E-state index is -0.427. The maximum atomic E-state index is 10.1. The lowest BCUT2D eigenvalue weighted by atomic mass is 10.4. The van der Waals surface area contributed by atoms with Crippen molar-refractivity contribution in [3.8, 4) is 0 Å². The highest BCUT2D eigenvalue weighted by Gasteiger charge is 1.95. The van der Waals surface area contributed by atoms with Crippen LogP contribution in [-0.4, -0.2) is 30.2 Å². The van der Waals surface area contributed by atoms with Crippen molar-refractivity contribution >= 4 is 5.91 Å². The summed E-state index contributed by atoms with van der Waals surface area (Å²) in [6, 6.07) is 0. The Morgan fingerprint density at radius 2 is 2.44 bits per heavy atom. The van der Waals surface area contributed by atoms with Crippen LogP contribution < -0.4 is 11.1 Å². The monoisotopic (exact) mass is 132 g/mol. The Hall–Kier alpha value is -0.610. The summed E-state index contributed by atoms with van der Waals surface area (Å²) in [5.41, 5.74) is 4.80. The third-order valence-electron chi connectivity index (χ3n) is 0.739. The zero-order chi connectivity index (χ0) is 7.28. The molecule has 9 heavy (non-hydrogen) atoms. The molecule has 4 nitrogen and oxygen atoms in total. The smallest absolute Gasteiger partial charge is 0.231 e. The summed E-state index contributed by atoms with van der Waals surface area (Å²) in [6.45, 7) is 2.17. The summed E-state index contributed by atoms with van der Waals surface area (Å²) in [5.74, 6) is -0.407. The van der Waals surface area contributed by atoms with E-state index in [1.807, 2.05) is 0 Å². The number of hydrogen-bond donors (Lipinski definition) is 3. The number of aliphatic hydroxyl groups excluding tert-OH is 1. The van der Waals surface area contributed by atoms with E-state index in [1.54, 1.807) is 6.92 Å². The molecule has 0 saturated heterocycles. The van der Waals surface area contributed by atoms with Gasteiger partial charge in [-0.15, -0.1) is 0 Å². The van der Waals surface area contributed by atoms with Gasteiger partial charge in [0.25, 0.3) is 0 Å². The summed E-state index contributed by atoms with van der Waals surface area (Å²) in [7, 11) is 0. The number of aliphatic hydroxyl groups is 1. The van der Waals surface area contributed by atoms with Crippen LogP contribution in [-0.2, 0) is 4.79 Å². The minimum Gasteiger partial charge on any atom is -0.392 e. The van der Waals surface area contributed by atoms with Gasteiger partial charge in [0.2, 0.25) is 5.91 Å². The number of hydrogen-bond acceptors (Lipinski definition) is 3. The van der Waals surface area contributed by atoms with Crippen molar-refractivity contribution < 1.29 is 9.90 Å². The Morgan fingerprint density at radius 3 is 2.78 bits per heavy atom. The Bertz CT molecular complexity index is 93.0. The van der Waals surface area contributed by atoms with Crippen LogP contribution in [0, 0.1) is 0 Å². The van der Waals surface area contributed by atoms with Gasteiger partial charge in [-0.3, -0.25) is 4.79 Å². The first kappa shape index (κ1) is 8.39. The maximum absolute atomic E-state index is 10.1. The van der Waals surface area contributed by atoms with E-state index in [0.29, 0.717) is 6.54 Å². The van der Waals surface area contributed by atoms with E-state index >= 15 is 0 Å². The fraction of sp³-hybridized carbons (Fsp3) is 0.800. The zero-order valence-electron chi connectivity index (χ0n) is 5.42. The zero-order valence-corrected chi connectivity index (χ0v) is 5.42. The first-order chi connectivity index (χ1) is 4.13. The quantitative estimate of drug-likeness (QED) is 0.433. The summed E-state index contributed by atoms with van der Waals surface area (Å²) < 4.78 is 0. The molecule has 0 aromatic heterocycles. The predicted molar refractivity (Wildman–Crippen MR) is 33.7 cm³/mol. The number of rotatable bonds is 4. The van der Waals surface area contributed by atoms with E-state index in [1.165, 1.54) is 0 Å². The Labute approximate surface area is 54.0 Å². The molecular weight excluding hydrogens is 120 g/mol. The largest absolute Gasteiger partial charge is 0.392 e. The van der Waals surface area contributed by atoms with Crippen molar-refractivity contribution in [1.29, 1.82) is 0 Å². The molecule has 0 aliphatic heterocycles. The van der Waals surface area contributed by atoms with E-state index in [2.05, 4.69) is 5.32 Å². The Morgan fingerprint density at radius 1 is 1.89 bits per heavy atom. The van der Waals surface area contributed by atoms with Crippen molar-refractivity contribution in [2.45, 2.75) is 13.0 Å². The molecule has 0 heterocycles. The van der Waals surface area contributed by atoms with Crippen molar-refractivity contribution in [2.75, 3.05) is 13.1 Å². The summed E-state index contributed by atoms with van der Waals surface area (Å²) in [5, 5.41) is 11.3. The number of carbonyl (C=O) groups is 1. The van der Waals surface area contributed by atoms with Crippen LogP contribution in [0.4, 0.5) is 0 Å². The molecule has 0 fully saturated rings. The molecule has 54 valence electrons. The molecule has 0 aromatic rings. The molecular formula is C5H12N2O2. The predicted octanol–water partition coefficient (Wildman–Crippen LogP) is -1.56. The molecule has 0 aromatic carbocycles. The summed E-state index contributed by atoms with van der Waals surface area (Å²) >= 11 is 0. The molecule has 0 aliphatic rings. The lowest BCUT2D eigenvalue weighted by molar-refractivity contribution is -0.117. The highest BCUT2D eigenvalue weighted by molar-refractivity contribution is 5.75. The number of amides is 1. The molecule has 4 heteroatoms. The second kappa shape index (κ2) is 4.29. The summed E-state index contributed by atoms with van der Waals surface area (Å²) in [6.07, 6.45) is -0.427. The fourth-order valence-corrected chi connectivity index (χ4v) is 0.404. The van der Waals surface area contributed by atoms with Crippen LogP contribution in [0.5, 0.6) is 0 Å². The number of primary amides is 1. The fourth-order valence-electron chi connectivity index (χ4n) is 0.404. The molecule has 4 N–H and O–H groups in total. The van der Waals surface area contributed by atoms with Gasteiger partial charge in [-0.2, -0.15) is 0 Å². The van der Waals surface area contributed by atoms with Gasteiger partial charge in [0.15, 0.2) is 0 Å². The number of carbonyl (C=O) groups excluding carboxylic acids is 1. The molecule has 0 unspecified atom stereocenters. The van der Waals surface area contributed by atoms with Crippen molar-refractivity contribution in [3.05, 3.63) is 0 Å². The minimum absolute atomic E-state index is 0.130. The second-order valence-corrected chi connectivity index (χ2v) is 1.95. The van der Waals surface area contributed by atoms with Crippen molar-refractivity contribution in [2.24, 2.45) is 5.73 Å². The van der Waals surface area contributed by atoms with Crippen LogP contribution in [0.2, 0.25) is 0 Å². The third-order valence-corrected chi connectivity index (χ3v) is 0.739. The van der Waals surface area contributed by atoms with E-state index in [4.69, 9.17) is 10.8 Å². The average Bonchev–Trinajstić information content (AvgIpc) is 1.63. The van der Waals surface area contributed by atoms with Gasteiger partial charge < -0.3 is 16.2 Å². The second-order valence-electron chi connectivity index (χ2n) is 1.95. The maximum Gasteiger partial charge on any atom is 0.231 e. The average molecular weight is 132 g/mol. The van der Waals surface area contributed by atoms with Crippen LogP contribution in [0.1, 0.15) is 6.92 Å². The summed E-state index contributed by atoms with van der Waals surface area (Å²) in [4.78, 5) is 10.1. The highest BCUT2D eigenvalue weighted by Crippen LogP contribution is 1.72. The van der Waals surface area contributed by atoms with Gasteiger partial charge in [0.05, 0.1) is 12.6 Å². The van der Waals surface area contributed by atoms with E-state index in [0.717, 1.165) is 0 Å². The molecule has 0 radical (unpaired) electrons. The molecule has 0 bridgehead atoms. The molecule has 1 atom stereocenters. The topological polar surface area (TPSA) is 75.3 Å². The van der Waals surface area contributed by atoms with Crippen LogP contribution in [0.15, 0.2) is 0 Å². The first-order valence-corrected chi connectivity index (χ1v) is 2.80. The van der Waals surface area contributed by atoms with Gasteiger partial charge in [0.1, 0.15) is 0 Å². The SMILES string of the molecule is C[C@H](O)CNCC(N)=O. The number of nitrogens with one attached hydrogen (secondary N) is 1. The van der Waals surface area contributed by atoms with Gasteiger partial charge in [-0.25, -0.2) is 0 Å². The van der Waals surface area contributed by atoms with Crippen LogP contribution in [0.3, 0.4) is 0 Å². The standard InChI is InChI=1S/C5H12N2O2/c1-4(8)2-7-3-5(6)9/h4,7-8H,2-3H2,1H3,(H2,6,9)/t4-/m0/s1. The first-order valence-electron chi connectivity index (χ1n) is 2.80. The third kappa shape index (κ3) is 7.39. The Kier molecular flexibility index (Phi) is 4.00. The lowest BCUT2D eigenvalue weighted by Crippen LogP contribution is -2.33. The van der Waals surface area contributed by atoms with Crippen molar-refractivity contribution in [3.63, 3.8) is 0 Å². The van der Waals surface area contributed by atoms with Crippen molar-refractivity contribution in [1.82, 2.24) is 5.32 Å². The van der Waals surface area contributed by atoms with E-state index < -0.39 is 12.0 Å². The lowest BCUT2D eigenvalue weighted by Gasteiger charge is -2.02. The Balaban J connectivity index is 3.01. The van der Waals surface area contributed by atoms with Gasteiger partial charge in [-0.05, 0) is 6.92 Å².